The number of allylic oxidation sites excluding steroid dienone is 12. The van der Waals surface area contributed by atoms with E-state index in [2.05, 4.69) is 93.7 Å². The molecule has 452 valence electrons. The first-order chi connectivity index (χ1) is 38.5. The number of hydrogen-bond acceptors (Lipinski definition) is 6. The number of carbonyl (C=O) groups is 3. The topological polar surface area (TPSA) is 78.9 Å². The molecule has 0 aromatic carbocycles. The molecule has 0 saturated carbocycles. The summed E-state index contributed by atoms with van der Waals surface area (Å²) in [4.78, 5) is 38.4. The molecule has 0 aliphatic heterocycles. The van der Waals surface area contributed by atoms with Gasteiger partial charge in [0.05, 0.1) is 0 Å². The Hall–Kier alpha value is -3.15. The first-order valence-electron chi connectivity index (χ1n) is 33.9. The van der Waals surface area contributed by atoms with Gasteiger partial charge >= 0.3 is 17.9 Å². The van der Waals surface area contributed by atoms with Gasteiger partial charge in [0, 0.05) is 19.3 Å². The Morgan fingerprint density at radius 2 is 0.500 bits per heavy atom. The molecule has 0 heterocycles. The smallest absolute Gasteiger partial charge is 0.306 e. The van der Waals surface area contributed by atoms with Crippen LogP contribution in [0.3, 0.4) is 0 Å². The zero-order valence-corrected chi connectivity index (χ0v) is 51.9. The lowest BCUT2D eigenvalue weighted by Gasteiger charge is -2.18. The van der Waals surface area contributed by atoms with Gasteiger partial charge in [-0.3, -0.25) is 14.4 Å². The zero-order chi connectivity index (χ0) is 56.4. The van der Waals surface area contributed by atoms with Gasteiger partial charge in [0.25, 0.3) is 0 Å². The normalized spacial score (nSPS) is 12.5. The predicted molar refractivity (Wildman–Crippen MR) is 339 cm³/mol. The number of rotatable bonds is 62. The highest BCUT2D eigenvalue weighted by Gasteiger charge is 2.19. The quantitative estimate of drug-likeness (QED) is 0.0261. The minimum absolute atomic E-state index is 0.0780. The highest BCUT2D eigenvalue weighted by Crippen LogP contribution is 2.18. The Labute approximate surface area is 484 Å². The van der Waals surface area contributed by atoms with E-state index in [1.165, 1.54) is 205 Å². The largest absolute Gasteiger partial charge is 0.462 e. The molecule has 1 unspecified atom stereocenters. The Balaban J connectivity index is 4.36. The molecule has 0 radical (unpaired) electrons. The van der Waals surface area contributed by atoms with Crippen LogP contribution in [0.2, 0.25) is 0 Å². The van der Waals surface area contributed by atoms with Gasteiger partial charge in [-0.2, -0.15) is 0 Å². The highest BCUT2D eigenvalue weighted by molar-refractivity contribution is 5.71. The molecule has 0 aromatic rings. The van der Waals surface area contributed by atoms with Crippen molar-refractivity contribution in [2.45, 2.75) is 354 Å². The van der Waals surface area contributed by atoms with Gasteiger partial charge in [0.1, 0.15) is 13.2 Å². The average Bonchev–Trinajstić information content (AvgIpc) is 3.44. The second-order valence-corrected chi connectivity index (χ2v) is 22.7. The number of esters is 3. The third-order valence-corrected chi connectivity index (χ3v) is 14.9. The molecular formula is C72H128O6. The van der Waals surface area contributed by atoms with Crippen LogP contribution in [0.5, 0.6) is 0 Å². The lowest BCUT2D eigenvalue weighted by Crippen LogP contribution is -2.30. The summed E-state index contributed by atoms with van der Waals surface area (Å²) in [5, 5.41) is 0. The SMILES string of the molecule is CC/C=C\C/C=C\C/C=C\C/C=C\CCCCCCCCCCC(=O)OC(COC(=O)CCCCCCCCC/C=C\C/C=C\CCCCC)COC(=O)CCCCCCCCCCCCCCCCCCCCCCCC. The Morgan fingerprint density at radius 1 is 0.269 bits per heavy atom. The van der Waals surface area contributed by atoms with E-state index in [0.29, 0.717) is 19.3 Å². The van der Waals surface area contributed by atoms with Crippen LogP contribution in [0.1, 0.15) is 348 Å². The summed E-state index contributed by atoms with van der Waals surface area (Å²) in [6, 6.07) is 0. The third-order valence-electron chi connectivity index (χ3n) is 14.9. The van der Waals surface area contributed by atoms with Gasteiger partial charge in [0.15, 0.2) is 6.10 Å². The summed E-state index contributed by atoms with van der Waals surface area (Å²) in [5.74, 6) is -0.874. The molecule has 0 aromatic heterocycles. The lowest BCUT2D eigenvalue weighted by molar-refractivity contribution is -0.167. The summed E-state index contributed by atoms with van der Waals surface area (Å²) in [6.45, 7) is 6.55. The van der Waals surface area contributed by atoms with E-state index in [9.17, 15) is 14.4 Å². The molecule has 1 atom stereocenters. The summed E-state index contributed by atoms with van der Waals surface area (Å²) in [7, 11) is 0. The van der Waals surface area contributed by atoms with Gasteiger partial charge < -0.3 is 14.2 Å². The maximum absolute atomic E-state index is 12.9. The molecule has 78 heavy (non-hydrogen) atoms. The van der Waals surface area contributed by atoms with Gasteiger partial charge in [-0.15, -0.1) is 0 Å². The molecule has 0 aliphatic rings. The fraction of sp³-hybridized carbons (Fsp3) is 0.792. The molecule has 0 saturated heterocycles. The first-order valence-corrected chi connectivity index (χ1v) is 33.9. The Morgan fingerprint density at radius 3 is 0.808 bits per heavy atom. The van der Waals surface area contributed by atoms with Crippen molar-refractivity contribution in [1.82, 2.24) is 0 Å². The van der Waals surface area contributed by atoms with Crippen molar-refractivity contribution in [2.24, 2.45) is 0 Å². The van der Waals surface area contributed by atoms with Crippen molar-refractivity contribution in [3.63, 3.8) is 0 Å². The minimum atomic E-state index is -0.784. The van der Waals surface area contributed by atoms with Crippen LogP contribution < -0.4 is 0 Å². The van der Waals surface area contributed by atoms with Crippen molar-refractivity contribution >= 4 is 17.9 Å². The summed E-state index contributed by atoms with van der Waals surface area (Å²) in [6.07, 6.45) is 86.3. The fourth-order valence-electron chi connectivity index (χ4n) is 9.88. The fourth-order valence-corrected chi connectivity index (χ4v) is 9.88. The van der Waals surface area contributed by atoms with E-state index in [4.69, 9.17) is 14.2 Å². The molecule has 0 bridgehead atoms. The molecule has 0 aliphatic carbocycles. The Kier molecular flexibility index (Phi) is 63.7. The van der Waals surface area contributed by atoms with E-state index >= 15 is 0 Å². The van der Waals surface area contributed by atoms with E-state index in [1.807, 2.05) is 0 Å². The standard InChI is InChI=1S/C72H128O6/c1-4-7-10-13-16-19-22-25-28-31-33-35-37-38-41-44-47-50-53-56-59-62-65-71(74)77-68-69(67-76-70(73)64-61-58-55-52-49-46-43-40-30-27-24-21-18-15-12-9-6-3)78-72(75)66-63-60-57-54-51-48-45-42-39-36-34-32-29-26-23-20-17-14-11-8-5-2/h8,11,17-18,20-21,26-27,29-30,34,36,69H,4-7,9-10,12-16,19,22-25,28,31-33,35,37-68H2,1-3H3/b11-8-,20-17-,21-18-,29-26-,30-27-,36-34-. The van der Waals surface area contributed by atoms with Crippen LogP contribution in [-0.4, -0.2) is 37.2 Å². The van der Waals surface area contributed by atoms with Crippen molar-refractivity contribution in [3.05, 3.63) is 72.9 Å². The average molecular weight is 1090 g/mol. The molecule has 0 rings (SSSR count). The van der Waals surface area contributed by atoms with Crippen LogP contribution >= 0.6 is 0 Å². The molecule has 0 fully saturated rings. The van der Waals surface area contributed by atoms with Crippen molar-refractivity contribution < 1.29 is 28.6 Å². The van der Waals surface area contributed by atoms with Crippen LogP contribution in [0, 0.1) is 0 Å². The zero-order valence-electron chi connectivity index (χ0n) is 51.9. The maximum atomic E-state index is 12.9. The van der Waals surface area contributed by atoms with Gasteiger partial charge in [0.2, 0.25) is 0 Å². The molecule has 0 N–H and O–H groups in total. The van der Waals surface area contributed by atoms with Crippen LogP contribution in [-0.2, 0) is 28.6 Å². The monoisotopic (exact) mass is 1090 g/mol. The van der Waals surface area contributed by atoms with E-state index in [-0.39, 0.29) is 31.1 Å². The van der Waals surface area contributed by atoms with Gasteiger partial charge in [-0.05, 0) is 89.9 Å². The number of carbonyl (C=O) groups excluding carboxylic acids is 3. The van der Waals surface area contributed by atoms with Crippen LogP contribution in [0.25, 0.3) is 0 Å². The second kappa shape index (κ2) is 66.4. The summed E-state index contributed by atoms with van der Waals surface area (Å²) in [5.41, 5.74) is 0. The predicted octanol–water partition coefficient (Wildman–Crippen LogP) is 23.3. The number of ether oxygens (including phenoxy) is 3. The minimum Gasteiger partial charge on any atom is -0.462 e. The number of hydrogen-bond donors (Lipinski definition) is 0. The van der Waals surface area contributed by atoms with Crippen LogP contribution in [0.15, 0.2) is 72.9 Å². The summed E-state index contributed by atoms with van der Waals surface area (Å²) >= 11 is 0. The van der Waals surface area contributed by atoms with Crippen molar-refractivity contribution in [1.29, 1.82) is 0 Å². The third kappa shape index (κ3) is 63.7. The summed E-state index contributed by atoms with van der Waals surface area (Å²) < 4.78 is 17.0. The van der Waals surface area contributed by atoms with Gasteiger partial charge in [-0.25, -0.2) is 0 Å². The van der Waals surface area contributed by atoms with E-state index < -0.39 is 6.10 Å². The van der Waals surface area contributed by atoms with E-state index in [0.717, 1.165) is 103 Å². The maximum Gasteiger partial charge on any atom is 0.306 e. The molecular weight excluding hydrogens is 961 g/mol. The van der Waals surface area contributed by atoms with E-state index in [1.54, 1.807) is 0 Å². The van der Waals surface area contributed by atoms with Crippen molar-refractivity contribution in [2.75, 3.05) is 13.2 Å². The molecule has 0 amide bonds. The molecule has 0 spiro atoms. The molecule has 6 heteroatoms. The van der Waals surface area contributed by atoms with Gasteiger partial charge in [-0.1, -0.05) is 312 Å². The Bertz CT molecular complexity index is 1440. The second-order valence-electron chi connectivity index (χ2n) is 22.7. The van der Waals surface area contributed by atoms with Crippen molar-refractivity contribution in [3.8, 4) is 0 Å². The first kappa shape index (κ1) is 74.8. The lowest BCUT2D eigenvalue weighted by atomic mass is 10.0. The number of unbranched alkanes of at least 4 members (excludes halogenated alkanes) is 39. The molecule has 6 nitrogen and oxygen atoms in total. The highest BCUT2D eigenvalue weighted by atomic mass is 16.6. The van der Waals surface area contributed by atoms with Crippen LogP contribution in [0.4, 0.5) is 0 Å².